The number of ether oxygens (including phenoxy) is 1. The molecule has 0 fully saturated rings. The molecule has 0 bridgehead atoms. The van der Waals surface area contributed by atoms with Gasteiger partial charge in [-0.25, -0.2) is 0 Å². The molecule has 0 aliphatic rings. The molecule has 0 aromatic heterocycles. The highest BCUT2D eigenvalue weighted by Crippen LogP contribution is 2.32. The summed E-state index contributed by atoms with van der Waals surface area (Å²) in [6.45, 7) is 5.54. The number of aryl methyl sites for hydroxylation is 2. The van der Waals surface area contributed by atoms with E-state index in [1.54, 1.807) is 6.92 Å². The average molecular weight is 373 g/mol. The summed E-state index contributed by atoms with van der Waals surface area (Å²) in [5.41, 5.74) is 2.33. The Morgan fingerprint density at radius 1 is 1.04 bits per heavy atom. The van der Waals surface area contributed by atoms with Crippen LogP contribution in [-0.4, -0.2) is 12.0 Å². The molecule has 2 aromatic carbocycles. The van der Waals surface area contributed by atoms with Crippen LogP contribution in [0.2, 0.25) is 15.1 Å². The number of amides is 1. The van der Waals surface area contributed by atoms with Crippen LogP contribution in [0.25, 0.3) is 0 Å². The third-order valence-electron chi connectivity index (χ3n) is 3.34. The minimum absolute atomic E-state index is 0.312. The lowest BCUT2D eigenvalue weighted by Crippen LogP contribution is -2.30. The molecule has 23 heavy (non-hydrogen) atoms. The Morgan fingerprint density at radius 3 is 2.22 bits per heavy atom. The maximum Gasteiger partial charge on any atom is 0.265 e. The average Bonchev–Trinajstić information content (AvgIpc) is 2.48. The molecule has 0 saturated carbocycles. The molecule has 2 rings (SSSR count). The van der Waals surface area contributed by atoms with Gasteiger partial charge < -0.3 is 10.1 Å². The Hall–Kier alpha value is -1.42. The molecule has 0 unspecified atom stereocenters. The largest absolute Gasteiger partial charge is 0.480 e. The predicted octanol–water partition coefficient (Wildman–Crippen LogP) is 5.67. The van der Waals surface area contributed by atoms with Crippen LogP contribution in [0.1, 0.15) is 18.1 Å². The van der Waals surface area contributed by atoms with E-state index in [2.05, 4.69) is 5.32 Å². The number of nitrogens with one attached hydrogen (secondary N) is 1. The molecule has 3 nitrogen and oxygen atoms in total. The molecule has 0 heterocycles. The van der Waals surface area contributed by atoms with Gasteiger partial charge in [0.1, 0.15) is 5.75 Å². The van der Waals surface area contributed by atoms with Crippen molar-refractivity contribution in [2.75, 3.05) is 5.32 Å². The fourth-order valence-electron chi connectivity index (χ4n) is 2.07. The van der Waals surface area contributed by atoms with Crippen molar-refractivity contribution in [1.29, 1.82) is 0 Å². The molecule has 6 heteroatoms. The van der Waals surface area contributed by atoms with Crippen LogP contribution in [0.3, 0.4) is 0 Å². The van der Waals surface area contributed by atoms with Gasteiger partial charge in [-0.15, -0.1) is 0 Å². The minimum atomic E-state index is -0.694. The predicted molar refractivity (Wildman–Crippen MR) is 96.1 cm³/mol. The summed E-state index contributed by atoms with van der Waals surface area (Å²) in [4.78, 5) is 12.3. The zero-order valence-corrected chi connectivity index (χ0v) is 15.2. The van der Waals surface area contributed by atoms with E-state index in [9.17, 15) is 4.79 Å². The number of rotatable bonds is 4. The van der Waals surface area contributed by atoms with E-state index in [1.807, 2.05) is 32.0 Å². The molecule has 0 saturated heterocycles. The van der Waals surface area contributed by atoms with E-state index in [1.165, 1.54) is 12.1 Å². The second-order valence-corrected chi connectivity index (χ2v) is 6.44. The van der Waals surface area contributed by atoms with Gasteiger partial charge in [0, 0.05) is 0 Å². The highest BCUT2D eigenvalue weighted by Gasteiger charge is 2.18. The highest BCUT2D eigenvalue weighted by molar-refractivity contribution is 6.44. The molecule has 0 radical (unpaired) electrons. The molecule has 122 valence electrons. The monoisotopic (exact) mass is 371 g/mol. The fraction of sp³-hybridized carbons (Fsp3) is 0.235. The van der Waals surface area contributed by atoms with Crippen molar-refractivity contribution < 1.29 is 9.53 Å². The third kappa shape index (κ3) is 4.31. The molecule has 0 aliphatic heterocycles. The van der Waals surface area contributed by atoms with Crippen LogP contribution in [0, 0.1) is 13.8 Å². The highest BCUT2D eigenvalue weighted by atomic mass is 35.5. The quantitative estimate of drug-likeness (QED) is 0.702. The maximum atomic E-state index is 12.3. The molecule has 1 N–H and O–H groups in total. The number of carbonyl (C=O) groups excluding carboxylic acids is 1. The zero-order valence-electron chi connectivity index (χ0n) is 12.9. The number of hydrogen-bond donors (Lipinski definition) is 1. The van der Waals surface area contributed by atoms with E-state index >= 15 is 0 Å². The summed E-state index contributed by atoms with van der Waals surface area (Å²) in [5.74, 6) is 0.378. The Labute approximate surface area is 150 Å². The molecule has 2 aromatic rings. The van der Waals surface area contributed by atoms with Gasteiger partial charge in [0.05, 0.1) is 20.8 Å². The molecular formula is C17H16Cl3NO2. The number of anilines is 1. The molecule has 1 amide bonds. The number of halogens is 3. The van der Waals surface area contributed by atoms with E-state index < -0.39 is 6.10 Å². The van der Waals surface area contributed by atoms with Gasteiger partial charge in [0.25, 0.3) is 5.91 Å². The smallest absolute Gasteiger partial charge is 0.265 e. The first kappa shape index (κ1) is 17.9. The molecule has 1 atom stereocenters. The van der Waals surface area contributed by atoms with Crippen molar-refractivity contribution in [1.82, 2.24) is 0 Å². The molecule has 0 aliphatic carbocycles. The third-order valence-corrected chi connectivity index (χ3v) is 4.38. The number of carbonyl (C=O) groups is 1. The Morgan fingerprint density at radius 2 is 1.61 bits per heavy atom. The first-order valence-corrected chi connectivity index (χ1v) is 8.11. The van der Waals surface area contributed by atoms with Crippen molar-refractivity contribution in [3.8, 4) is 5.75 Å². The number of hydrogen-bond acceptors (Lipinski definition) is 2. The standard InChI is InChI=1S/C17H16Cl3NO2/c1-9-5-4-6-10(2)16(9)23-11(3)17(22)21-15-8-13(19)12(18)7-14(15)20/h4-8,11H,1-3H3,(H,21,22)/t11-/m1/s1. The lowest BCUT2D eigenvalue weighted by atomic mass is 10.1. The lowest BCUT2D eigenvalue weighted by Gasteiger charge is -2.18. The first-order chi connectivity index (χ1) is 10.8. The summed E-state index contributed by atoms with van der Waals surface area (Å²) in [5, 5.41) is 3.65. The summed E-state index contributed by atoms with van der Waals surface area (Å²) >= 11 is 17.9. The van der Waals surface area contributed by atoms with Crippen LogP contribution in [0.5, 0.6) is 5.75 Å². The summed E-state index contributed by atoms with van der Waals surface area (Å²) in [6, 6.07) is 8.80. The first-order valence-electron chi connectivity index (χ1n) is 6.98. The van der Waals surface area contributed by atoms with E-state index in [-0.39, 0.29) is 5.91 Å². The normalized spacial score (nSPS) is 11.9. The summed E-state index contributed by atoms with van der Waals surface area (Å²) < 4.78 is 5.79. The van der Waals surface area contributed by atoms with Gasteiger partial charge >= 0.3 is 0 Å². The van der Waals surface area contributed by atoms with Crippen LogP contribution in [0.4, 0.5) is 5.69 Å². The van der Waals surface area contributed by atoms with Crippen molar-refractivity contribution in [2.45, 2.75) is 26.9 Å². The SMILES string of the molecule is Cc1cccc(C)c1O[C@H](C)C(=O)Nc1cc(Cl)c(Cl)cc1Cl. The van der Waals surface area contributed by atoms with E-state index in [0.717, 1.165) is 11.1 Å². The summed E-state index contributed by atoms with van der Waals surface area (Å²) in [6.07, 6.45) is -0.694. The molecular weight excluding hydrogens is 357 g/mol. The van der Waals surface area contributed by atoms with E-state index in [0.29, 0.717) is 26.5 Å². The fourth-order valence-corrected chi connectivity index (χ4v) is 2.66. The Bertz CT molecular complexity index is 727. The van der Waals surface area contributed by atoms with Gasteiger partial charge in [-0.05, 0) is 44.0 Å². The Kier molecular flexibility index (Phi) is 5.79. The van der Waals surface area contributed by atoms with Crippen LogP contribution in [-0.2, 0) is 4.79 Å². The van der Waals surface area contributed by atoms with Gasteiger partial charge in [-0.3, -0.25) is 4.79 Å². The lowest BCUT2D eigenvalue weighted by molar-refractivity contribution is -0.122. The topological polar surface area (TPSA) is 38.3 Å². The zero-order chi connectivity index (χ0) is 17.1. The Balaban J connectivity index is 2.13. The second kappa shape index (κ2) is 7.43. The minimum Gasteiger partial charge on any atom is -0.480 e. The van der Waals surface area contributed by atoms with Crippen LogP contribution < -0.4 is 10.1 Å². The van der Waals surface area contributed by atoms with E-state index in [4.69, 9.17) is 39.5 Å². The molecule has 0 spiro atoms. The number of para-hydroxylation sites is 1. The van der Waals surface area contributed by atoms with Crippen LogP contribution >= 0.6 is 34.8 Å². The summed E-state index contributed by atoms with van der Waals surface area (Å²) in [7, 11) is 0. The van der Waals surface area contributed by atoms with Gasteiger partial charge in [0.15, 0.2) is 6.10 Å². The van der Waals surface area contributed by atoms with Crippen LogP contribution in [0.15, 0.2) is 30.3 Å². The number of benzene rings is 2. The second-order valence-electron chi connectivity index (χ2n) is 5.22. The van der Waals surface area contributed by atoms with Crippen molar-refractivity contribution >= 4 is 46.4 Å². The van der Waals surface area contributed by atoms with Crippen molar-refractivity contribution in [3.05, 3.63) is 56.5 Å². The van der Waals surface area contributed by atoms with Crippen molar-refractivity contribution in [2.24, 2.45) is 0 Å². The maximum absolute atomic E-state index is 12.3. The van der Waals surface area contributed by atoms with Gasteiger partial charge in [-0.2, -0.15) is 0 Å². The van der Waals surface area contributed by atoms with Gasteiger partial charge in [-0.1, -0.05) is 53.0 Å². The van der Waals surface area contributed by atoms with Crippen molar-refractivity contribution in [3.63, 3.8) is 0 Å². The van der Waals surface area contributed by atoms with Gasteiger partial charge in [0.2, 0.25) is 0 Å².